The second-order valence-electron chi connectivity index (χ2n) is 8.48. The number of amides is 2. The number of anilines is 2. The van der Waals surface area contributed by atoms with Crippen molar-refractivity contribution in [2.45, 2.75) is 12.1 Å². The van der Waals surface area contributed by atoms with Gasteiger partial charge in [0.15, 0.2) is 6.10 Å². The molecule has 0 unspecified atom stereocenters. The Hall–Kier alpha value is -3.10. The number of carbonyl (C=O) groups is 2. The molecule has 0 aliphatic carbocycles. The second kappa shape index (κ2) is 9.09. The van der Waals surface area contributed by atoms with Gasteiger partial charge in [0, 0.05) is 10.0 Å². The zero-order valence-electron chi connectivity index (χ0n) is 18.5. The Bertz CT molecular complexity index is 1470. The molecular weight excluding hydrogens is 567 g/mol. The Morgan fingerprint density at radius 2 is 1.53 bits per heavy atom. The average molecular weight is 584 g/mol. The van der Waals surface area contributed by atoms with Crippen molar-refractivity contribution in [3.8, 4) is 11.3 Å². The van der Waals surface area contributed by atoms with Crippen molar-refractivity contribution in [3.05, 3.63) is 105 Å². The molecule has 0 N–H and O–H groups in total. The highest BCUT2D eigenvalue weighted by atomic mass is 79.9. The fourth-order valence-electron chi connectivity index (χ4n) is 4.66. The van der Waals surface area contributed by atoms with Crippen LogP contribution < -0.4 is 9.96 Å². The van der Waals surface area contributed by atoms with Crippen molar-refractivity contribution in [3.63, 3.8) is 0 Å². The van der Waals surface area contributed by atoms with Gasteiger partial charge in [0.25, 0.3) is 5.91 Å². The lowest BCUT2D eigenvalue weighted by molar-refractivity contribution is -0.126. The molecule has 1 aromatic heterocycles. The van der Waals surface area contributed by atoms with E-state index < -0.39 is 29.9 Å². The van der Waals surface area contributed by atoms with Crippen LogP contribution in [0.3, 0.4) is 0 Å². The highest BCUT2D eigenvalue weighted by molar-refractivity contribution is 9.10. The summed E-state index contributed by atoms with van der Waals surface area (Å²) in [6.07, 6.45) is -1.02. The molecule has 0 spiro atoms. The van der Waals surface area contributed by atoms with Gasteiger partial charge in [0.05, 0.1) is 21.4 Å². The van der Waals surface area contributed by atoms with Gasteiger partial charge in [-0.15, -0.1) is 0 Å². The SMILES string of the molecule is O=C1[C@H]2[C@@H](c3ccc(-c4ccc(Br)cc4)o3)N(c3ccccc3)O[C@H]2C(=O)N1c1ccc(Cl)c(Cl)c1. The zero-order valence-corrected chi connectivity index (χ0v) is 21.6. The quantitative estimate of drug-likeness (QED) is 0.240. The van der Waals surface area contributed by atoms with Crippen LogP contribution in [0.2, 0.25) is 10.0 Å². The molecule has 36 heavy (non-hydrogen) atoms. The first-order valence-electron chi connectivity index (χ1n) is 11.1. The van der Waals surface area contributed by atoms with E-state index in [4.69, 9.17) is 32.5 Å². The first-order chi connectivity index (χ1) is 17.4. The topological polar surface area (TPSA) is 63.0 Å². The molecule has 6 rings (SSSR count). The smallest absolute Gasteiger partial charge is 0.266 e. The van der Waals surface area contributed by atoms with E-state index in [1.807, 2.05) is 66.7 Å². The number of benzene rings is 3. The summed E-state index contributed by atoms with van der Waals surface area (Å²) in [6.45, 7) is 0. The number of imide groups is 1. The summed E-state index contributed by atoms with van der Waals surface area (Å²) < 4.78 is 7.21. The number of hydroxylamine groups is 1. The third kappa shape index (κ3) is 3.83. The number of nitrogens with zero attached hydrogens (tertiary/aromatic N) is 2. The number of fused-ring (bicyclic) bond motifs is 1. The fraction of sp³-hybridized carbons (Fsp3) is 0.111. The summed E-state index contributed by atoms with van der Waals surface area (Å²) in [6, 6.07) is 24.7. The van der Waals surface area contributed by atoms with Crippen molar-refractivity contribution < 1.29 is 18.8 Å². The standard InChI is InChI=1S/C27H17BrCl2N2O4/c28-16-8-6-15(7-9-16)21-12-13-22(35-21)24-23-25(36-32(24)17-4-2-1-3-5-17)27(34)31(26(23)33)18-10-11-19(29)20(30)14-18/h1-14,23-25H/t23-,24+,25+/m0/s1. The largest absolute Gasteiger partial charge is 0.459 e. The summed E-state index contributed by atoms with van der Waals surface area (Å²) in [5.74, 6) is -0.524. The van der Waals surface area contributed by atoms with E-state index in [1.54, 1.807) is 17.2 Å². The maximum Gasteiger partial charge on any atom is 0.266 e. The molecule has 2 aliphatic rings. The number of hydrogen-bond donors (Lipinski definition) is 0. The molecule has 4 aromatic rings. The van der Waals surface area contributed by atoms with Crippen molar-refractivity contribution in [1.29, 1.82) is 0 Å². The molecule has 3 heterocycles. The Kier molecular flexibility index (Phi) is 5.88. The minimum absolute atomic E-state index is 0.250. The highest BCUT2D eigenvalue weighted by Crippen LogP contribution is 2.48. The first kappa shape index (κ1) is 23.3. The average Bonchev–Trinajstić information content (AvgIpc) is 3.57. The molecule has 6 nitrogen and oxygen atoms in total. The van der Waals surface area contributed by atoms with E-state index in [9.17, 15) is 9.59 Å². The number of rotatable bonds is 4. The Balaban J connectivity index is 1.41. The van der Waals surface area contributed by atoms with E-state index in [1.165, 1.54) is 6.07 Å². The Labute approximate surface area is 225 Å². The third-order valence-corrected chi connectivity index (χ3v) is 7.60. The van der Waals surface area contributed by atoms with E-state index in [2.05, 4.69) is 15.9 Å². The van der Waals surface area contributed by atoms with Crippen LogP contribution in [0, 0.1) is 5.92 Å². The van der Waals surface area contributed by atoms with Crippen LogP contribution in [0.1, 0.15) is 11.8 Å². The van der Waals surface area contributed by atoms with Gasteiger partial charge in [0.2, 0.25) is 5.91 Å². The summed E-state index contributed by atoms with van der Waals surface area (Å²) in [5.41, 5.74) is 1.94. The van der Waals surface area contributed by atoms with Crippen molar-refractivity contribution in [2.75, 3.05) is 9.96 Å². The highest BCUT2D eigenvalue weighted by Gasteiger charge is 2.61. The van der Waals surface area contributed by atoms with Crippen molar-refractivity contribution in [2.24, 2.45) is 5.92 Å². The lowest BCUT2D eigenvalue weighted by Crippen LogP contribution is -2.37. The van der Waals surface area contributed by atoms with Crippen molar-refractivity contribution >= 4 is 62.3 Å². The predicted octanol–water partition coefficient (Wildman–Crippen LogP) is 7.07. The molecule has 180 valence electrons. The number of carbonyl (C=O) groups excluding carboxylic acids is 2. The van der Waals surface area contributed by atoms with Gasteiger partial charge in [0.1, 0.15) is 23.5 Å². The minimum Gasteiger partial charge on any atom is -0.459 e. The number of furan rings is 1. The molecule has 2 fully saturated rings. The van der Waals surface area contributed by atoms with Gasteiger partial charge in [-0.3, -0.25) is 14.4 Å². The normalized spacial score (nSPS) is 21.4. The van der Waals surface area contributed by atoms with Crippen LogP contribution in [-0.2, 0) is 14.4 Å². The fourth-order valence-corrected chi connectivity index (χ4v) is 5.22. The maximum atomic E-state index is 13.7. The number of hydrogen-bond acceptors (Lipinski definition) is 5. The van der Waals surface area contributed by atoms with Crippen LogP contribution in [0.4, 0.5) is 11.4 Å². The van der Waals surface area contributed by atoms with E-state index in [-0.39, 0.29) is 5.02 Å². The lowest BCUT2D eigenvalue weighted by atomic mass is 9.94. The molecule has 3 aromatic carbocycles. The van der Waals surface area contributed by atoms with Gasteiger partial charge in [-0.05, 0) is 54.6 Å². The zero-order chi connectivity index (χ0) is 25.0. The monoisotopic (exact) mass is 582 g/mol. The molecule has 3 atom stereocenters. The molecule has 9 heteroatoms. The van der Waals surface area contributed by atoms with Gasteiger partial charge < -0.3 is 4.42 Å². The minimum atomic E-state index is -1.02. The van der Waals surface area contributed by atoms with E-state index >= 15 is 0 Å². The summed E-state index contributed by atoms with van der Waals surface area (Å²) >= 11 is 15.7. The Morgan fingerprint density at radius 3 is 2.25 bits per heavy atom. The summed E-state index contributed by atoms with van der Waals surface area (Å²) in [5, 5.41) is 2.18. The van der Waals surface area contributed by atoms with Gasteiger partial charge >= 0.3 is 0 Å². The van der Waals surface area contributed by atoms with Crippen molar-refractivity contribution in [1.82, 2.24) is 0 Å². The summed E-state index contributed by atoms with van der Waals surface area (Å²) in [7, 11) is 0. The van der Waals surface area contributed by atoms with Gasteiger partial charge in [-0.2, -0.15) is 0 Å². The predicted molar refractivity (Wildman–Crippen MR) is 141 cm³/mol. The van der Waals surface area contributed by atoms with Gasteiger partial charge in [-0.1, -0.05) is 69.5 Å². The first-order valence-corrected chi connectivity index (χ1v) is 12.7. The molecule has 2 amide bonds. The van der Waals surface area contributed by atoms with Crippen LogP contribution in [0.15, 0.2) is 93.8 Å². The summed E-state index contributed by atoms with van der Waals surface area (Å²) in [4.78, 5) is 34.5. The number of halogens is 3. The van der Waals surface area contributed by atoms with E-state index in [0.717, 1.165) is 14.9 Å². The third-order valence-electron chi connectivity index (χ3n) is 6.33. The van der Waals surface area contributed by atoms with Crippen LogP contribution in [0.5, 0.6) is 0 Å². The second-order valence-corrected chi connectivity index (χ2v) is 10.2. The van der Waals surface area contributed by atoms with Gasteiger partial charge in [-0.25, -0.2) is 9.96 Å². The van der Waals surface area contributed by atoms with Crippen LogP contribution >= 0.6 is 39.1 Å². The molecule has 0 radical (unpaired) electrons. The molecular formula is C27H17BrCl2N2O4. The Morgan fingerprint density at radius 1 is 0.778 bits per heavy atom. The number of para-hydroxylation sites is 1. The van der Waals surface area contributed by atoms with Crippen LogP contribution in [-0.4, -0.2) is 17.9 Å². The van der Waals surface area contributed by atoms with Crippen LogP contribution in [0.25, 0.3) is 11.3 Å². The maximum absolute atomic E-state index is 13.7. The molecule has 0 saturated carbocycles. The molecule has 2 aliphatic heterocycles. The molecule has 2 saturated heterocycles. The lowest BCUT2D eigenvalue weighted by Gasteiger charge is -2.27. The van der Waals surface area contributed by atoms with E-state index in [0.29, 0.717) is 27.9 Å². The molecule has 0 bridgehead atoms.